The normalized spacial score (nSPS) is 16.2. The number of likely N-dealkylation sites (N-methyl/N-ethyl adjacent to an activating group) is 1. The van der Waals surface area contributed by atoms with Crippen molar-refractivity contribution in [1.29, 1.82) is 0 Å². The first-order valence-electron chi connectivity index (χ1n) is 5.00. The molecule has 0 aromatic heterocycles. The van der Waals surface area contributed by atoms with E-state index in [2.05, 4.69) is 26.1 Å². The summed E-state index contributed by atoms with van der Waals surface area (Å²) in [5.41, 5.74) is 0. The summed E-state index contributed by atoms with van der Waals surface area (Å²) in [6, 6.07) is 0.282. The Kier molecular flexibility index (Phi) is 7.23. The van der Waals surface area contributed by atoms with Gasteiger partial charge in [0.15, 0.2) is 6.29 Å². The number of rotatable bonds is 7. The van der Waals surface area contributed by atoms with Crippen LogP contribution < -0.4 is 5.32 Å². The predicted molar refractivity (Wildman–Crippen MR) is 54.7 cm³/mol. The Balaban J connectivity index is 4.19. The lowest BCUT2D eigenvalue weighted by Crippen LogP contribution is -2.46. The summed E-state index contributed by atoms with van der Waals surface area (Å²) in [5.74, 6) is 0.560. The van der Waals surface area contributed by atoms with Crippen molar-refractivity contribution in [3.05, 3.63) is 0 Å². The van der Waals surface area contributed by atoms with Gasteiger partial charge >= 0.3 is 0 Å². The first-order chi connectivity index (χ1) is 6.21. The Morgan fingerprint density at radius 2 is 1.69 bits per heavy atom. The van der Waals surface area contributed by atoms with E-state index in [4.69, 9.17) is 9.47 Å². The van der Waals surface area contributed by atoms with Gasteiger partial charge in [-0.25, -0.2) is 0 Å². The molecule has 0 heterocycles. The third-order valence-corrected chi connectivity index (χ3v) is 2.45. The zero-order valence-corrected chi connectivity index (χ0v) is 9.46. The van der Waals surface area contributed by atoms with Crippen LogP contribution in [0, 0.1) is 5.92 Å². The molecule has 0 fully saturated rings. The standard InChI is InChI=1S/C10H23NO2/c1-6-8(3)9(11-7-2)10(12-4)13-5/h8-11H,6-7H2,1-5H3. The third kappa shape index (κ3) is 4.07. The molecule has 1 N–H and O–H groups in total. The molecule has 0 aliphatic carbocycles. The number of nitrogens with one attached hydrogen (secondary N) is 1. The summed E-state index contributed by atoms with van der Waals surface area (Å²) in [7, 11) is 3.36. The van der Waals surface area contributed by atoms with E-state index in [0.29, 0.717) is 5.92 Å². The van der Waals surface area contributed by atoms with Gasteiger partial charge in [0.1, 0.15) is 0 Å². The maximum Gasteiger partial charge on any atom is 0.172 e. The van der Waals surface area contributed by atoms with Gasteiger partial charge in [-0.05, 0) is 12.5 Å². The van der Waals surface area contributed by atoms with Crippen LogP contribution in [0.3, 0.4) is 0 Å². The highest BCUT2D eigenvalue weighted by Crippen LogP contribution is 2.13. The molecule has 0 bridgehead atoms. The second-order valence-corrected chi connectivity index (χ2v) is 3.31. The molecule has 0 rings (SSSR count). The van der Waals surface area contributed by atoms with Crippen LogP contribution in [0.4, 0.5) is 0 Å². The van der Waals surface area contributed by atoms with Crippen molar-refractivity contribution < 1.29 is 9.47 Å². The van der Waals surface area contributed by atoms with E-state index in [-0.39, 0.29) is 12.3 Å². The molecule has 0 spiro atoms. The Bertz CT molecular complexity index is 115. The molecule has 2 unspecified atom stereocenters. The number of methoxy groups -OCH3 is 2. The topological polar surface area (TPSA) is 30.5 Å². The molecule has 0 aliphatic heterocycles. The maximum atomic E-state index is 5.25. The van der Waals surface area contributed by atoms with Gasteiger partial charge in [0.05, 0.1) is 6.04 Å². The van der Waals surface area contributed by atoms with Crippen LogP contribution >= 0.6 is 0 Å². The van der Waals surface area contributed by atoms with Gasteiger partial charge in [0.25, 0.3) is 0 Å². The third-order valence-electron chi connectivity index (χ3n) is 2.45. The highest BCUT2D eigenvalue weighted by atomic mass is 16.7. The zero-order chi connectivity index (χ0) is 10.3. The number of ether oxygens (including phenoxy) is 2. The molecular formula is C10H23NO2. The van der Waals surface area contributed by atoms with Gasteiger partial charge in [-0.3, -0.25) is 0 Å². The molecule has 0 saturated carbocycles. The number of hydrogen-bond donors (Lipinski definition) is 1. The summed E-state index contributed by atoms with van der Waals surface area (Å²) in [6.45, 7) is 7.42. The zero-order valence-electron chi connectivity index (χ0n) is 9.46. The quantitative estimate of drug-likeness (QED) is 0.617. The molecule has 0 radical (unpaired) electrons. The molecule has 2 atom stereocenters. The van der Waals surface area contributed by atoms with Gasteiger partial charge in [-0.15, -0.1) is 0 Å². The van der Waals surface area contributed by atoms with Crippen molar-refractivity contribution in [2.45, 2.75) is 39.5 Å². The summed E-state index contributed by atoms with van der Waals surface area (Å²) in [5, 5.41) is 3.39. The van der Waals surface area contributed by atoms with Crippen molar-refractivity contribution in [2.75, 3.05) is 20.8 Å². The fraction of sp³-hybridized carbons (Fsp3) is 1.00. The minimum Gasteiger partial charge on any atom is -0.354 e. The van der Waals surface area contributed by atoms with Crippen LogP contribution in [-0.2, 0) is 9.47 Å². The first kappa shape index (κ1) is 12.9. The van der Waals surface area contributed by atoms with Crippen LogP contribution in [0.15, 0.2) is 0 Å². The lowest BCUT2D eigenvalue weighted by molar-refractivity contribution is -0.131. The molecule has 0 aliphatic rings. The Morgan fingerprint density at radius 1 is 1.15 bits per heavy atom. The lowest BCUT2D eigenvalue weighted by atomic mass is 9.98. The molecule has 0 amide bonds. The molecule has 3 heteroatoms. The molecule has 0 aromatic rings. The molecule has 0 saturated heterocycles. The van der Waals surface area contributed by atoms with Crippen LogP contribution in [0.25, 0.3) is 0 Å². The average Bonchev–Trinajstić information content (AvgIpc) is 2.17. The summed E-state index contributed by atoms with van der Waals surface area (Å²) in [6.07, 6.45) is 0.982. The van der Waals surface area contributed by atoms with Crippen LogP contribution in [0.1, 0.15) is 27.2 Å². The summed E-state index contributed by atoms with van der Waals surface area (Å²) < 4.78 is 10.5. The Morgan fingerprint density at radius 3 is 2.00 bits per heavy atom. The van der Waals surface area contributed by atoms with Gasteiger partial charge in [-0.2, -0.15) is 0 Å². The highest BCUT2D eigenvalue weighted by Gasteiger charge is 2.24. The molecule has 0 aromatic carbocycles. The molecule has 3 nitrogen and oxygen atoms in total. The SMILES string of the molecule is CCNC(C(C)CC)C(OC)OC. The van der Waals surface area contributed by atoms with Crippen molar-refractivity contribution in [2.24, 2.45) is 5.92 Å². The van der Waals surface area contributed by atoms with E-state index >= 15 is 0 Å². The Hall–Kier alpha value is -0.120. The molecule has 13 heavy (non-hydrogen) atoms. The van der Waals surface area contributed by atoms with Gasteiger partial charge in [-0.1, -0.05) is 27.2 Å². The second-order valence-electron chi connectivity index (χ2n) is 3.31. The fourth-order valence-corrected chi connectivity index (χ4v) is 1.44. The van der Waals surface area contributed by atoms with Crippen LogP contribution in [0.5, 0.6) is 0 Å². The van der Waals surface area contributed by atoms with E-state index in [9.17, 15) is 0 Å². The van der Waals surface area contributed by atoms with E-state index in [0.717, 1.165) is 13.0 Å². The lowest BCUT2D eigenvalue weighted by Gasteiger charge is -2.29. The monoisotopic (exact) mass is 189 g/mol. The molecular weight excluding hydrogens is 166 g/mol. The summed E-state index contributed by atoms with van der Waals surface area (Å²) in [4.78, 5) is 0. The van der Waals surface area contributed by atoms with Crippen LogP contribution in [-0.4, -0.2) is 33.1 Å². The minimum absolute atomic E-state index is 0.144. The van der Waals surface area contributed by atoms with Gasteiger partial charge in [0, 0.05) is 14.2 Å². The minimum atomic E-state index is -0.144. The van der Waals surface area contributed by atoms with E-state index in [1.807, 2.05) is 0 Å². The van der Waals surface area contributed by atoms with Crippen molar-refractivity contribution in [3.8, 4) is 0 Å². The highest BCUT2D eigenvalue weighted by molar-refractivity contribution is 4.75. The summed E-state index contributed by atoms with van der Waals surface area (Å²) >= 11 is 0. The van der Waals surface area contributed by atoms with Gasteiger partial charge in [0.2, 0.25) is 0 Å². The Labute approximate surface area is 81.8 Å². The van der Waals surface area contributed by atoms with Crippen molar-refractivity contribution in [1.82, 2.24) is 5.32 Å². The van der Waals surface area contributed by atoms with E-state index in [1.165, 1.54) is 0 Å². The second kappa shape index (κ2) is 7.30. The van der Waals surface area contributed by atoms with Crippen molar-refractivity contribution in [3.63, 3.8) is 0 Å². The van der Waals surface area contributed by atoms with E-state index in [1.54, 1.807) is 14.2 Å². The van der Waals surface area contributed by atoms with E-state index < -0.39 is 0 Å². The molecule has 80 valence electrons. The first-order valence-corrected chi connectivity index (χ1v) is 5.00. The fourth-order valence-electron chi connectivity index (χ4n) is 1.44. The van der Waals surface area contributed by atoms with Gasteiger partial charge < -0.3 is 14.8 Å². The average molecular weight is 189 g/mol. The maximum absolute atomic E-state index is 5.25. The van der Waals surface area contributed by atoms with Crippen LogP contribution in [0.2, 0.25) is 0 Å². The smallest absolute Gasteiger partial charge is 0.172 e. The largest absolute Gasteiger partial charge is 0.354 e. The predicted octanol–water partition coefficient (Wildman–Crippen LogP) is 1.63. The van der Waals surface area contributed by atoms with Crippen molar-refractivity contribution >= 4 is 0 Å². The number of hydrogen-bond acceptors (Lipinski definition) is 3.